The van der Waals surface area contributed by atoms with Gasteiger partial charge in [0.15, 0.2) is 0 Å². The van der Waals surface area contributed by atoms with Crippen molar-refractivity contribution in [3.05, 3.63) is 52.8 Å². The summed E-state index contributed by atoms with van der Waals surface area (Å²) in [5.74, 6) is 1.39. The Morgan fingerprint density at radius 2 is 2.00 bits per heavy atom. The Morgan fingerprint density at radius 1 is 1.25 bits per heavy atom. The van der Waals surface area contributed by atoms with E-state index in [1.165, 1.54) is 0 Å². The Balaban J connectivity index is 2.22. The van der Waals surface area contributed by atoms with Gasteiger partial charge in [0.2, 0.25) is 0 Å². The maximum absolute atomic E-state index is 9.02. The molecule has 2 rings (SSSR count). The van der Waals surface area contributed by atoms with Crippen LogP contribution in [0.25, 0.3) is 0 Å². The third-order valence-electron chi connectivity index (χ3n) is 3.12. The molecule has 0 aliphatic heterocycles. The average molecular weight is 268 g/mol. The van der Waals surface area contributed by atoms with Crippen LogP contribution >= 0.6 is 0 Å². The third-order valence-corrected chi connectivity index (χ3v) is 3.12. The van der Waals surface area contributed by atoms with Crippen LogP contribution in [0.3, 0.4) is 0 Å². The predicted octanol–water partition coefficient (Wildman–Crippen LogP) is 3.16. The summed E-state index contributed by atoms with van der Waals surface area (Å²) in [6.07, 6.45) is 1.76. The third kappa shape index (κ3) is 2.72. The number of nitrogens with zero attached hydrogens (tertiary/aromatic N) is 2. The van der Waals surface area contributed by atoms with Crippen molar-refractivity contribution in [2.24, 2.45) is 0 Å². The second-order valence-corrected chi connectivity index (χ2v) is 4.44. The first kappa shape index (κ1) is 13.9. The molecule has 0 unspecified atom stereocenters. The van der Waals surface area contributed by atoms with E-state index < -0.39 is 0 Å². The van der Waals surface area contributed by atoms with Crippen LogP contribution in [-0.2, 0) is 6.61 Å². The molecule has 4 nitrogen and oxygen atoms in total. The lowest BCUT2D eigenvalue weighted by Gasteiger charge is -2.13. The van der Waals surface area contributed by atoms with E-state index in [-0.39, 0.29) is 0 Å². The minimum atomic E-state index is 0.307. The monoisotopic (exact) mass is 268 g/mol. The Morgan fingerprint density at radius 3 is 2.70 bits per heavy atom. The molecule has 1 heterocycles. The molecule has 0 fully saturated rings. The molecular formula is C16H16N2O2. The molecule has 0 aliphatic carbocycles. The van der Waals surface area contributed by atoms with Crippen LogP contribution in [-0.4, -0.2) is 12.1 Å². The zero-order chi connectivity index (χ0) is 14.5. The van der Waals surface area contributed by atoms with Crippen LogP contribution in [0.4, 0.5) is 0 Å². The number of rotatable bonds is 4. The van der Waals surface area contributed by atoms with E-state index in [1.54, 1.807) is 25.4 Å². The molecule has 0 aliphatic rings. The molecule has 0 saturated carbocycles. The van der Waals surface area contributed by atoms with Gasteiger partial charge in [-0.2, -0.15) is 5.26 Å². The number of aryl methyl sites for hydroxylation is 1. The zero-order valence-corrected chi connectivity index (χ0v) is 11.8. The number of methoxy groups -OCH3 is 1. The highest BCUT2D eigenvalue weighted by molar-refractivity contribution is 5.43. The van der Waals surface area contributed by atoms with Crippen molar-refractivity contribution in [2.45, 2.75) is 20.5 Å². The Bertz CT molecular complexity index is 660. The normalized spacial score (nSPS) is 9.90. The molecule has 1 aromatic heterocycles. The highest BCUT2D eigenvalue weighted by Crippen LogP contribution is 2.25. The van der Waals surface area contributed by atoms with Gasteiger partial charge in [0.1, 0.15) is 24.2 Å². The predicted molar refractivity (Wildman–Crippen MR) is 75.8 cm³/mol. The molecule has 2 aromatic rings. The van der Waals surface area contributed by atoms with Gasteiger partial charge in [-0.1, -0.05) is 12.1 Å². The summed E-state index contributed by atoms with van der Waals surface area (Å²) in [6, 6.07) is 9.26. The van der Waals surface area contributed by atoms with Crippen LogP contribution in [0.2, 0.25) is 0 Å². The maximum Gasteiger partial charge on any atom is 0.137 e. The molecule has 0 bridgehead atoms. The molecule has 0 atom stereocenters. The Labute approximate surface area is 118 Å². The van der Waals surface area contributed by atoms with Crippen molar-refractivity contribution >= 4 is 0 Å². The summed E-state index contributed by atoms with van der Waals surface area (Å²) >= 11 is 0. The van der Waals surface area contributed by atoms with Gasteiger partial charge in [0.25, 0.3) is 0 Å². The van der Waals surface area contributed by atoms with Crippen molar-refractivity contribution in [1.82, 2.24) is 4.98 Å². The van der Waals surface area contributed by atoms with Crippen molar-refractivity contribution in [3.8, 4) is 17.6 Å². The fourth-order valence-corrected chi connectivity index (χ4v) is 2.05. The van der Waals surface area contributed by atoms with Crippen molar-refractivity contribution in [3.63, 3.8) is 0 Å². The summed E-state index contributed by atoms with van der Waals surface area (Å²) in [5.41, 5.74) is 3.28. The Kier molecular flexibility index (Phi) is 4.21. The van der Waals surface area contributed by atoms with Gasteiger partial charge in [0.05, 0.1) is 18.4 Å². The number of hydrogen-bond acceptors (Lipinski definition) is 4. The van der Waals surface area contributed by atoms with E-state index in [0.29, 0.717) is 17.9 Å². The molecule has 0 N–H and O–H groups in total. The molecule has 0 spiro atoms. The van der Waals surface area contributed by atoms with Gasteiger partial charge in [-0.3, -0.25) is 4.98 Å². The highest BCUT2D eigenvalue weighted by Gasteiger charge is 2.10. The van der Waals surface area contributed by atoms with Gasteiger partial charge < -0.3 is 9.47 Å². The lowest BCUT2D eigenvalue weighted by Crippen LogP contribution is -2.04. The first-order chi connectivity index (χ1) is 9.67. The van der Waals surface area contributed by atoms with E-state index in [4.69, 9.17) is 14.7 Å². The van der Waals surface area contributed by atoms with E-state index in [0.717, 1.165) is 22.6 Å². The minimum absolute atomic E-state index is 0.307. The van der Waals surface area contributed by atoms with Gasteiger partial charge >= 0.3 is 0 Å². The van der Waals surface area contributed by atoms with E-state index >= 15 is 0 Å². The maximum atomic E-state index is 9.02. The quantitative estimate of drug-likeness (QED) is 0.854. The molecule has 0 radical (unpaired) electrons. The van der Waals surface area contributed by atoms with Crippen LogP contribution in [0.15, 0.2) is 30.5 Å². The number of hydrogen-bond donors (Lipinski definition) is 0. The SMILES string of the molecule is COc1c(C)cnc(COc2ccccc2C#N)c1C. The number of benzene rings is 1. The van der Waals surface area contributed by atoms with Crippen molar-refractivity contribution in [1.29, 1.82) is 5.26 Å². The second kappa shape index (κ2) is 6.07. The first-order valence-corrected chi connectivity index (χ1v) is 6.28. The molecule has 0 amide bonds. The van der Waals surface area contributed by atoms with Gasteiger partial charge in [-0.25, -0.2) is 0 Å². The molecule has 102 valence electrons. The first-order valence-electron chi connectivity index (χ1n) is 6.28. The molecular weight excluding hydrogens is 252 g/mol. The van der Waals surface area contributed by atoms with Crippen LogP contribution in [0, 0.1) is 25.2 Å². The minimum Gasteiger partial charge on any atom is -0.496 e. The lowest BCUT2D eigenvalue weighted by atomic mass is 10.1. The number of para-hydroxylation sites is 1. The zero-order valence-electron chi connectivity index (χ0n) is 11.8. The topological polar surface area (TPSA) is 55.1 Å². The van der Waals surface area contributed by atoms with Gasteiger partial charge in [0, 0.05) is 17.3 Å². The standard InChI is InChI=1S/C16H16N2O2/c1-11-9-18-14(12(2)16(11)19-3)10-20-15-7-5-4-6-13(15)8-17/h4-7,9H,10H2,1-3H3. The molecule has 20 heavy (non-hydrogen) atoms. The van der Waals surface area contributed by atoms with E-state index in [2.05, 4.69) is 11.1 Å². The fourth-order valence-electron chi connectivity index (χ4n) is 2.05. The Hall–Kier alpha value is -2.54. The van der Waals surface area contributed by atoms with Crippen molar-refractivity contribution < 1.29 is 9.47 Å². The summed E-state index contributed by atoms with van der Waals surface area (Å²) in [7, 11) is 1.64. The smallest absolute Gasteiger partial charge is 0.137 e. The van der Waals surface area contributed by atoms with E-state index in [1.807, 2.05) is 26.0 Å². The fraction of sp³-hybridized carbons (Fsp3) is 0.250. The number of nitriles is 1. The summed E-state index contributed by atoms with van der Waals surface area (Å²) < 4.78 is 11.1. The summed E-state index contributed by atoms with van der Waals surface area (Å²) in [4.78, 5) is 4.37. The lowest BCUT2D eigenvalue weighted by molar-refractivity contribution is 0.298. The van der Waals surface area contributed by atoms with Crippen LogP contribution in [0.5, 0.6) is 11.5 Å². The van der Waals surface area contributed by atoms with Crippen LogP contribution < -0.4 is 9.47 Å². The molecule has 4 heteroatoms. The number of aromatic nitrogens is 1. The second-order valence-electron chi connectivity index (χ2n) is 4.44. The number of pyridine rings is 1. The highest BCUT2D eigenvalue weighted by atomic mass is 16.5. The molecule has 1 aromatic carbocycles. The van der Waals surface area contributed by atoms with Gasteiger partial charge in [-0.15, -0.1) is 0 Å². The van der Waals surface area contributed by atoms with E-state index in [9.17, 15) is 0 Å². The number of ether oxygens (including phenoxy) is 2. The average Bonchev–Trinajstić information content (AvgIpc) is 2.47. The van der Waals surface area contributed by atoms with Gasteiger partial charge in [-0.05, 0) is 26.0 Å². The largest absolute Gasteiger partial charge is 0.496 e. The summed E-state index contributed by atoms with van der Waals surface area (Å²) in [6.45, 7) is 4.21. The molecule has 0 saturated heterocycles. The summed E-state index contributed by atoms with van der Waals surface area (Å²) in [5, 5.41) is 9.02. The van der Waals surface area contributed by atoms with Crippen molar-refractivity contribution in [2.75, 3.05) is 7.11 Å². The van der Waals surface area contributed by atoms with Crippen LogP contribution in [0.1, 0.15) is 22.4 Å².